The number of rotatable bonds is 2. The summed E-state index contributed by atoms with van der Waals surface area (Å²) in [5.74, 6) is 0.252. The number of methoxy groups -OCH3 is 1. The van der Waals surface area contributed by atoms with Gasteiger partial charge in [-0.15, -0.1) is 0 Å². The van der Waals surface area contributed by atoms with Gasteiger partial charge in [-0.2, -0.15) is 0 Å². The van der Waals surface area contributed by atoms with Crippen LogP contribution in [0.4, 0.5) is 0 Å². The van der Waals surface area contributed by atoms with E-state index in [9.17, 15) is 9.59 Å². The molecule has 1 saturated heterocycles. The van der Waals surface area contributed by atoms with Crippen LogP contribution in [0, 0.1) is 0 Å². The first-order valence-corrected chi connectivity index (χ1v) is 5.58. The van der Waals surface area contributed by atoms with Gasteiger partial charge in [0.1, 0.15) is 10.7 Å². The van der Waals surface area contributed by atoms with E-state index in [0.29, 0.717) is 11.3 Å². The number of imide groups is 1. The number of amides is 2. The monoisotopic (exact) mass is 249 g/mol. The molecule has 1 aromatic carbocycles. The second-order valence-electron chi connectivity index (χ2n) is 3.66. The van der Waals surface area contributed by atoms with Gasteiger partial charge in [0.05, 0.1) is 7.11 Å². The Bertz CT molecular complexity index is 465. The van der Waals surface area contributed by atoms with E-state index < -0.39 is 0 Å². The van der Waals surface area contributed by atoms with Crippen LogP contribution in [0.15, 0.2) is 24.3 Å². The molecule has 2 rings (SSSR count). The highest BCUT2D eigenvalue weighted by atomic mass is 32.1. The van der Waals surface area contributed by atoms with Crippen molar-refractivity contribution in [2.45, 2.75) is 12.8 Å². The van der Waals surface area contributed by atoms with Crippen LogP contribution in [-0.2, 0) is 9.59 Å². The molecule has 0 spiro atoms. The van der Waals surface area contributed by atoms with Crippen molar-refractivity contribution in [1.82, 2.24) is 4.90 Å². The van der Waals surface area contributed by atoms with Crippen LogP contribution in [0.5, 0.6) is 5.75 Å². The molecule has 0 bridgehead atoms. The van der Waals surface area contributed by atoms with Crippen molar-refractivity contribution in [2.24, 2.45) is 0 Å². The van der Waals surface area contributed by atoms with Crippen molar-refractivity contribution in [1.29, 1.82) is 0 Å². The van der Waals surface area contributed by atoms with Gasteiger partial charge in [0.15, 0.2) is 0 Å². The third-order valence-electron chi connectivity index (χ3n) is 2.59. The molecule has 0 radical (unpaired) electrons. The van der Waals surface area contributed by atoms with Gasteiger partial charge in [-0.1, -0.05) is 12.2 Å². The molecule has 17 heavy (non-hydrogen) atoms. The van der Waals surface area contributed by atoms with E-state index in [1.54, 1.807) is 31.4 Å². The Labute approximate surface area is 104 Å². The summed E-state index contributed by atoms with van der Waals surface area (Å²) in [4.78, 5) is 24.4. The quantitative estimate of drug-likeness (QED) is 0.589. The van der Waals surface area contributed by atoms with Gasteiger partial charge in [-0.05, 0) is 24.3 Å². The Morgan fingerprint density at radius 2 is 1.71 bits per heavy atom. The summed E-state index contributed by atoms with van der Waals surface area (Å²) in [7, 11) is 1.57. The van der Waals surface area contributed by atoms with E-state index >= 15 is 0 Å². The Balaban J connectivity index is 2.24. The zero-order chi connectivity index (χ0) is 12.4. The molecule has 5 heteroatoms. The van der Waals surface area contributed by atoms with Crippen LogP contribution < -0.4 is 4.74 Å². The molecule has 4 nitrogen and oxygen atoms in total. The Morgan fingerprint density at radius 1 is 1.18 bits per heavy atom. The highest BCUT2D eigenvalue weighted by molar-refractivity contribution is 7.80. The fourth-order valence-electron chi connectivity index (χ4n) is 1.67. The molecule has 0 N–H and O–H groups in total. The van der Waals surface area contributed by atoms with E-state index in [1.165, 1.54) is 0 Å². The molecule has 1 heterocycles. The molecule has 0 unspecified atom stereocenters. The molecule has 1 aromatic rings. The first kappa shape index (κ1) is 11.7. The van der Waals surface area contributed by atoms with Gasteiger partial charge < -0.3 is 4.74 Å². The van der Waals surface area contributed by atoms with Crippen LogP contribution >= 0.6 is 12.2 Å². The summed E-state index contributed by atoms with van der Waals surface area (Å²) in [5, 5.41) is 0. The van der Waals surface area contributed by atoms with Crippen molar-refractivity contribution in [2.75, 3.05) is 7.11 Å². The van der Waals surface area contributed by atoms with Crippen molar-refractivity contribution < 1.29 is 14.3 Å². The van der Waals surface area contributed by atoms with Crippen LogP contribution in [-0.4, -0.2) is 28.8 Å². The number of likely N-dealkylation sites (tertiary alicyclic amines) is 1. The highest BCUT2D eigenvalue weighted by Gasteiger charge is 2.32. The fourth-order valence-corrected chi connectivity index (χ4v) is 2.01. The fraction of sp³-hybridized carbons (Fsp3) is 0.250. The minimum Gasteiger partial charge on any atom is -0.497 e. The summed E-state index contributed by atoms with van der Waals surface area (Å²) >= 11 is 5.16. The third-order valence-corrected chi connectivity index (χ3v) is 3.01. The summed E-state index contributed by atoms with van der Waals surface area (Å²) in [6.07, 6.45) is 0.490. The minimum atomic E-state index is -0.226. The maximum Gasteiger partial charge on any atom is 0.234 e. The molecule has 0 saturated carbocycles. The predicted molar refractivity (Wildman–Crippen MR) is 65.8 cm³/mol. The molecular formula is C12H11NO3S. The van der Waals surface area contributed by atoms with Crippen molar-refractivity contribution in [3.8, 4) is 5.75 Å². The highest BCUT2D eigenvalue weighted by Crippen LogP contribution is 2.18. The second kappa shape index (κ2) is 4.63. The maximum absolute atomic E-state index is 11.5. The smallest absolute Gasteiger partial charge is 0.234 e. The topological polar surface area (TPSA) is 46.6 Å². The van der Waals surface area contributed by atoms with Gasteiger partial charge in [-0.25, -0.2) is 4.90 Å². The van der Waals surface area contributed by atoms with Gasteiger partial charge in [0.2, 0.25) is 11.8 Å². The molecule has 0 atom stereocenters. The Morgan fingerprint density at radius 3 is 2.18 bits per heavy atom. The molecule has 1 aliphatic rings. The minimum absolute atomic E-state index is 0.226. The lowest BCUT2D eigenvalue weighted by molar-refractivity contribution is -0.133. The standard InChI is InChI=1S/C12H11NO3S/c1-16-9-4-2-8(3-5-9)12(17)13-10(14)6-7-11(13)15/h2-5H,6-7H2,1H3. The second-order valence-corrected chi connectivity index (χ2v) is 4.04. The van der Waals surface area contributed by atoms with Crippen molar-refractivity contribution in [3.05, 3.63) is 29.8 Å². The molecule has 2 amide bonds. The van der Waals surface area contributed by atoms with Gasteiger partial charge in [0.25, 0.3) is 0 Å². The summed E-state index contributed by atoms with van der Waals surface area (Å²) < 4.78 is 5.03. The average Bonchev–Trinajstić information content (AvgIpc) is 2.68. The average molecular weight is 249 g/mol. The lowest BCUT2D eigenvalue weighted by Crippen LogP contribution is -2.34. The van der Waals surface area contributed by atoms with E-state index in [-0.39, 0.29) is 29.6 Å². The Kier molecular flexibility index (Phi) is 3.19. The number of hydrogen-bond acceptors (Lipinski definition) is 4. The lowest BCUT2D eigenvalue weighted by atomic mass is 10.2. The molecule has 1 fully saturated rings. The van der Waals surface area contributed by atoms with Crippen LogP contribution in [0.1, 0.15) is 18.4 Å². The number of carbonyl (C=O) groups excluding carboxylic acids is 2. The number of carbonyl (C=O) groups is 2. The van der Waals surface area contributed by atoms with Crippen molar-refractivity contribution >= 4 is 29.0 Å². The number of hydrogen-bond donors (Lipinski definition) is 0. The number of benzene rings is 1. The largest absolute Gasteiger partial charge is 0.497 e. The van der Waals surface area contributed by atoms with Crippen LogP contribution in [0.2, 0.25) is 0 Å². The van der Waals surface area contributed by atoms with Crippen LogP contribution in [0.25, 0.3) is 0 Å². The molecular weight excluding hydrogens is 238 g/mol. The number of thiocarbonyl (C=S) groups is 1. The first-order valence-electron chi connectivity index (χ1n) is 5.17. The summed E-state index contributed by atoms with van der Waals surface area (Å²) in [5.41, 5.74) is 0.671. The molecule has 1 aliphatic heterocycles. The third kappa shape index (κ3) is 2.19. The van der Waals surface area contributed by atoms with E-state index in [4.69, 9.17) is 17.0 Å². The van der Waals surface area contributed by atoms with Gasteiger partial charge in [-0.3, -0.25) is 9.59 Å². The summed E-state index contributed by atoms with van der Waals surface area (Å²) in [6.45, 7) is 0. The van der Waals surface area contributed by atoms with E-state index in [2.05, 4.69) is 0 Å². The molecule has 88 valence electrons. The van der Waals surface area contributed by atoms with Crippen LogP contribution in [0.3, 0.4) is 0 Å². The summed E-state index contributed by atoms with van der Waals surface area (Å²) in [6, 6.07) is 6.96. The SMILES string of the molecule is COc1ccc(C(=S)N2C(=O)CCC2=O)cc1. The predicted octanol–water partition coefficient (Wildman–Crippen LogP) is 1.52. The number of nitrogens with zero attached hydrogens (tertiary/aromatic N) is 1. The normalized spacial score (nSPS) is 15.2. The van der Waals surface area contributed by atoms with Crippen molar-refractivity contribution in [3.63, 3.8) is 0 Å². The zero-order valence-electron chi connectivity index (χ0n) is 9.30. The van der Waals surface area contributed by atoms with E-state index in [0.717, 1.165) is 4.90 Å². The number of ether oxygens (including phenoxy) is 1. The lowest BCUT2D eigenvalue weighted by Gasteiger charge is -2.15. The molecule has 0 aromatic heterocycles. The van der Waals surface area contributed by atoms with E-state index in [1.807, 2.05) is 0 Å². The maximum atomic E-state index is 11.5. The van der Waals surface area contributed by atoms with Gasteiger partial charge in [0, 0.05) is 18.4 Å². The zero-order valence-corrected chi connectivity index (χ0v) is 10.1. The van der Waals surface area contributed by atoms with Gasteiger partial charge >= 0.3 is 0 Å². The molecule has 0 aliphatic carbocycles. The first-order chi connectivity index (χ1) is 8.13. The Hall–Kier alpha value is -1.75.